The lowest BCUT2D eigenvalue weighted by Crippen LogP contribution is -2.53. The van der Waals surface area contributed by atoms with Crippen LogP contribution in [0.2, 0.25) is 0 Å². The fourth-order valence-electron chi connectivity index (χ4n) is 2.89. The summed E-state index contributed by atoms with van der Waals surface area (Å²) in [6, 6.07) is 8.57. The molecule has 7 nitrogen and oxygen atoms in total. The minimum Gasteiger partial charge on any atom is -0.353 e. The van der Waals surface area contributed by atoms with Gasteiger partial charge in [-0.3, -0.25) is 9.69 Å². The number of carbonyl (C=O) groups excluding carboxylic acids is 1. The van der Waals surface area contributed by atoms with Crippen molar-refractivity contribution in [2.75, 3.05) is 13.1 Å². The third kappa shape index (κ3) is 3.73. The maximum Gasteiger partial charge on any atom is 0.241 e. The van der Waals surface area contributed by atoms with E-state index in [1.165, 1.54) is 22.1 Å². The first-order chi connectivity index (χ1) is 11.0. The Morgan fingerprint density at radius 3 is 2.83 bits per heavy atom. The Morgan fingerprint density at radius 1 is 1.30 bits per heavy atom. The van der Waals surface area contributed by atoms with Crippen molar-refractivity contribution in [1.82, 2.24) is 30.4 Å². The van der Waals surface area contributed by atoms with Crippen molar-refractivity contribution >= 4 is 5.91 Å². The Kier molecular flexibility index (Phi) is 4.38. The van der Waals surface area contributed by atoms with Gasteiger partial charge < -0.3 is 5.32 Å². The van der Waals surface area contributed by atoms with E-state index in [1.54, 1.807) is 0 Å². The summed E-state index contributed by atoms with van der Waals surface area (Å²) in [5, 5.41) is 13.7. The molecule has 0 radical (unpaired) electrons. The number of tetrazole rings is 1. The van der Waals surface area contributed by atoms with E-state index in [0.29, 0.717) is 6.54 Å². The quantitative estimate of drug-likeness (QED) is 0.876. The van der Waals surface area contributed by atoms with E-state index in [1.807, 2.05) is 0 Å². The third-order valence-electron chi connectivity index (χ3n) is 4.40. The van der Waals surface area contributed by atoms with Gasteiger partial charge in [-0.25, -0.2) is 4.68 Å². The Balaban J connectivity index is 1.56. The Morgan fingerprint density at radius 2 is 2.09 bits per heavy atom. The highest BCUT2D eigenvalue weighted by Crippen LogP contribution is 2.24. The number of nitrogens with one attached hydrogen (secondary N) is 1. The van der Waals surface area contributed by atoms with Gasteiger partial charge in [-0.05, 0) is 41.8 Å². The molecule has 1 N–H and O–H groups in total. The number of rotatable bonds is 5. The fourth-order valence-corrected chi connectivity index (χ4v) is 2.89. The normalized spacial score (nSPS) is 15.2. The number of amides is 1. The Labute approximate surface area is 135 Å². The molecule has 1 aliphatic heterocycles. The van der Waals surface area contributed by atoms with Crippen LogP contribution in [0.5, 0.6) is 0 Å². The van der Waals surface area contributed by atoms with Crippen LogP contribution in [0, 0.1) is 0 Å². The number of nitrogens with zero attached hydrogens (tertiary/aromatic N) is 5. The second-order valence-electron chi connectivity index (χ2n) is 6.54. The third-order valence-corrected chi connectivity index (χ3v) is 4.40. The first kappa shape index (κ1) is 15.6. The molecule has 0 atom stereocenters. The van der Waals surface area contributed by atoms with Gasteiger partial charge in [0.1, 0.15) is 12.9 Å². The topological polar surface area (TPSA) is 75.9 Å². The van der Waals surface area contributed by atoms with Crippen molar-refractivity contribution in [3.05, 3.63) is 41.7 Å². The highest BCUT2D eigenvalue weighted by molar-refractivity contribution is 5.75. The van der Waals surface area contributed by atoms with Crippen LogP contribution in [0.25, 0.3) is 0 Å². The van der Waals surface area contributed by atoms with Gasteiger partial charge in [0.2, 0.25) is 5.91 Å². The average Bonchev–Trinajstić information content (AvgIpc) is 3.05. The maximum absolute atomic E-state index is 12.0. The standard InChI is InChI=1S/C16H22N6O/c1-16(2,11-17-15(23)10-22-12-18-19-20-22)21-8-7-13-5-3-4-6-14(13)9-21/h3-6,12H,7-11H2,1-2H3,(H,17,23). The molecule has 0 spiro atoms. The maximum atomic E-state index is 12.0. The molecular weight excluding hydrogens is 292 g/mol. The van der Waals surface area contributed by atoms with Crippen molar-refractivity contribution in [3.63, 3.8) is 0 Å². The van der Waals surface area contributed by atoms with Crippen molar-refractivity contribution in [1.29, 1.82) is 0 Å². The van der Waals surface area contributed by atoms with E-state index >= 15 is 0 Å². The van der Waals surface area contributed by atoms with Crippen LogP contribution in [-0.4, -0.2) is 49.6 Å². The molecule has 7 heteroatoms. The molecule has 23 heavy (non-hydrogen) atoms. The number of benzene rings is 1. The molecule has 0 unspecified atom stereocenters. The Bertz CT molecular complexity index is 667. The predicted octanol–water partition coefficient (Wildman–Crippen LogP) is 0.626. The summed E-state index contributed by atoms with van der Waals surface area (Å²) in [4.78, 5) is 14.4. The van der Waals surface area contributed by atoms with Crippen LogP contribution < -0.4 is 5.32 Å². The molecule has 0 saturated carbocycles. The highest BCUT2D eigenvalue weighted by Gasteiger charge is 2.30. The molecule has 0 fully saturated rings. The summed E-state index contributed by atoms with van der Waals surface area (Å²) in [7, 11) is 0. The summed E-state index contributed by atoms with van der Waals surface area (Å²) in [6.45, 7) is 7.00. The minimum absolute atomic E-state index is 0.0808. The molecular formula is C16H22N6O. The largest absolute Gasteiger partial charge is 0.353 e. The minimum atomic E-state index is -0.107. The van der Waals surface area contributed by atoms with Crippen LogP contribution in [0.3, 0.4) is 0 Å². The number of carbonyl (C=O) groups is 1. The number of fused-ring (bicyclic) bond motifs is 1. The van der Waals surface area contributed by atoms with Crippen LogP contribution in [0.15, 0.2) is 30.6 Å². The van der Waals surface area contributed by atoms with Gasteiger partial charge in [0, 0.05) is 25.2 Å². The van der Waals surface area contributed by atoms with Gasteiger partial charge in [-0.15, -0.1) is 5.10 Å². The van der Waals surface area contributed by atoms with E-state index in [4.69, 9.17) is 0 Å². The van der Waals surface area contributed by atoms with Crippen molar-refractivity contribution in [2.24, 2.45) is 0 Å². The lowest BCUT2D eigenvalue weighted by molar-refractivity contribution is -0.122. The van der Waals surface area contributed by atoms with Crippen molar-refractivity contribution < 1.29 is 4.79 Å². The molecule has 0 saturated heterocycles. The van der Waals surface area contributed by atoms with Gasteiger partial charge in [-0.2, -0.15) is 0 Å². The molecule has 3 rings (SSSR count). The highest BCUT2D eigenvalue weighted by atomic mass is 16.2. The summed E-state index contributed by atoms with van der Waals surface area (Å²) in [5.41, 5.74) is 2.71. The molecule has 2 heterocycles. The molecule has 122 valence electrons. The zero-order chi connectivity index (χ0) is 16.3. The van der Waals surface area contributed by atoms with E-state index in [9.17, 15) is 4.79 Å². The zero-order valence-electron chi connectivity index (χ0n) is 13.6. The summed E-state index contributed by atoms with van der Waals surface area (Å²) < 4.78 is 1.42. The second kappa shape index (κ2) is 6.45. The van der Waals surface area contributed by atoms with Gasteiger partial charge in [0.05, 0.1) is 0 Å². The van der Waals surface area contributed by atoms with Crippen LogP contribution >= 0.6 is 0 Å². The van der Waals surface area contributed by atoms with Gasteiger partial charge in [0.15, 0.2) is 0 Å². The first-order valence-corrected chi connectivity index (χ1v) is 7.84. The van der Waals surface area contributed by atoms with E-state index in [2.05, 4.69) is 63.9 Å². The molecule has 1 aromatic heterocycles. The molecule has 2 aromatic rings. The second-order valence-corrected chi connectivity index (χ2v) is 6.54. The van der Waals surface area contributed by atoms with Crippen LogP contribution in [-0.2, 0) is 24.3 Å². The van der Waals surface area contributed by atoms with Gasteiger partial charge >= 0.3 is 0 Å². The number of hydrogen-bond acceptors (Lipinski definition) is 5. The van der Waals surface area contributed by atoms with E-state index in [-0.39, 0.29) is 18.0 Å². The molecule has 0 bridgehead atoms. The molecule has 1 aliphatic rings. The summed E-state index contributed by atoms with van der Waals surface area (Å²) >= 11 is 0. The average molecular weight is 314 g/mol. The lowest BCUT2D eigenvalue weighted by Gasteiger charge is -2.41. The number of aromatic nitrogens is 4. The monoisotopic (exact) mass is 314 g/mol. The SMILES string of the molecule is CC(C)(CNC(=O)Cn1cnnn1)N1CCc2ccccc2C1. The van der Waals surface area contributed by atoms with E-state index in [0.717, 1.165) is 19.5 Å². The van der Waals surface area contributed by atoms with Crippen molar-refractivity contribution in [3.8, 4) is 0 Å². The molecule has 1 amide bonds. The molecule has 1 aromatic carbocycles. The smallest absolute Gasteiger partial charge is 0.241 e. The Hall–Kier alpha value is -2.28. The first-order valence-electron chi connectivity index (χ1n) is 7.84. The number of hydrogen-bond donors (Lipinski definition) is 1. The van der Waals surface area contributed by atoms with Gasteiger partial charge in [0.25, 0.3) is 0 Å². The van der Waals surface area contributed by atoms with Crippen LogP contribution in [0.1, 0.15) is 25.0 Å². The predicted molar refractivity (Wildman–Crippen MR) is 85.5 cm³/mol. The van der Waals surface area contributed by atoms with E-state index < -0.39 is 0 Å². The molecule has 0 aliphatic carbocycles. The summed E-state index contributed by atoms with van der Waals surface area (Å²) in [6.07, 6.45) is 2.49. The zero-order valence-corrected chi connectivity index (χ0v) is 13.6. The fraction of sp³-hybridized carbons (Fsp3) is 0.500. The van der Waals surface area contributed by atoms with Gasteiger partial charge in [-0.1, -0.05) is 24.3 Å². The summed E-state index contributed by atoms with van der Waals surface area (Å²) in [5.74, 6) is -0.0808. The lowest BCUT2D eigenvalue weighted by atomic mass is 9.94. The van der Waals surface area contributed by atoms with Crippen molar-refractivity contribution in [2.45, 2.75) is 38.9 Å². The van der Waals surface area contributed by atoms with Crippen LogP contribution in [0.4, 0.5) is 0 Å².